The van der Waals surface area contributed by atoms with Gasteiger partial charge < -0.3 is 15.7 Å². The molecule has 0 saturated carbocycles. The van der Waals surface area contributed by atoms with Crippen molar-refractivity contribution >= 4 is 34.5 Å². The number of benzene rings is 2. The molecule has 1 aliphatic heterocycles. The van der Waals surface area contributed by atoms with Crippen LogP contribution in [-0.4, -0.2) is 32.6 Å². The molecule has 6 rings (SSSR count). The maximum absolute atomic E-state index is 9.91. The van der Waals surface area contributed by atoms with Gasteiger partial charge in [-0.1, -0.05) is 35.3 Å². The van der Waals surface area contributed by atoms with Gasteiger partial charge in [0.05, 0.1) is 16.2 Å². The third kappa shape index (κ3) is 3.20. The second-order valence-electron chi connectivity index (χ2n) is 9.08. The molecular formula is C25H23Cl2N5O. The Morgan fingerprint density at radius 1 is 1.09 bits per heavy atom. The second-order valence-corrected chi connectivity index (χ2v) is 9.86. The minimum Gasteiger partial charge on any atom is -0.508 e. The lowest BCUT2D eigenvalue weighted by Crippen LogP contribution is -2.44. The molecule has 2 aromatic heterocycles. The zero-order chi connectivity index (χ0) is 22.7. The van der Waals surface area contributed by atoms with Crippen LogP contribution in [0, 0.1) is 5.41 Å². The van der Waals surface area contributed by atoms with Crippen molar-refractivity contribution in [2.45, 2.75) is 25.3 Å². The number of anilines is 1. The Hall–Kier alpha value is -2.80. The molecule has 6 nitrogen and oxygen atoms in total. The molecule has 1 spiro atoms. The number of fused-ring (bicyclic) bond motifs is 2. The number of phenols is 1. The topological polar surface area (TPSA) is 79.7 Å². The molecule has 1 aliphatic carbocycles. The lowest BCUT2D eigenvalue weighted by Gasteiger charge is -2.42. The number of aromatic hydroxyl groups is 1. The van der Waals surface area contributed by atoms with Gasteiger partial charge in [0.2, 0.25) is 0 Å². The quantitative estimate of drug-likeness (QED) is 0.410. The normalized spacial score (nSPS) is 19.4. The fraction of sp³-hybridized carbons (Fsp3) is 0.280. The highest BCUT2D eigenvalue weighted by Gasteiger charge is 2.46. The smallest absolute Gasteiger partial charge is 0.154 e. The molecule has 1 fully saturated rings. The van der Waals surface area contributed by atoms with Crippen LogP contribution in [0.5, 0.6) is 5.75 Å². The summed E-state index contributed by atoms with van der Waals surface area (Å²) in [7, 11) is 0. The maximum Gasteiger partial charge on any atom is 0.154 e. The Bertz CT molecular complexity index is 1380. The van der Waals surface area contributed by atoms with Gasteiger partial charge in [-0.2, -0.15) is 0 Å². The number of rotatable bonds is 2. The Labute approximate surface area is 201 Å². The minimum absolute atomic E-state index is 0.0252. The molecular weight excluding hydrogens is 457 g/mol. The van der Waals surface area contributed by atoms with Crippen molar-refractivity contribution in [3.05, 3.63) is 76.2 Å². The van der Waals surface area contributed by atoms with E-state index in [9.17, 15) is 5.11 Å². The molecule has 4 aromatic rings. The molecule has 168 valence electrons. The first-order valence-electron chi connectivity index (χ1n) is 11.1. The van der Waals surface area contributed by atoms with Crippen LogP contribution in [-0.2, 0) is 6.42 Å². The number of phenolic OH excluding ortho intramolecular Hbond substituents is 1. The van der Waals surface area contributed by atoms with E-state index >= 15 is 0 Å². The van der Waals surface area contributed by atoms with Gasteiger partial charge in [-0.3, -0.25) is 4.40 Å². The van der Waals surface area contributed by atoms with Crippen LogP contribution in [0.1, 0.15) is 30.0 Å². The lowest BCUT2D eigenvalue weighted by molar-refractivity contribution is 0.187. The standard InChI is InChI=1S/C25H23Cl2N5O/c26-19-3-1-2-17(21(19)27)23-30-14-20-24(29-8-11-32(20)23)31-9-6-25(7-10-31)13-15-4-5-16(33)12-18(15)22(25)28/h1-5,8,11-12,14,22,33H,6-7,9-10,13,28H2/t22-/m1/s1. The first-order chi connectivity index (χ1) is 16.0. The molecule has 0 radical (unpaired) electrons. The van der Waals surface area contributed by atoms with Gasteiger partial charge in [0.25, 0.3) is 0 Å². The van der Waals surface area contributed by atoms with E-state index in [1.807, 2.05) is 41.1 Å². The van der Waals surface area contributed by atoms with Crippen LogP contribution in [0.25, 0.3) is 16.9 Å². The van der Waals surface area contributed by atoms with Crippen molar-refractivity contribution in [1.29, 1.82) is 0 Å². The molecule has 33 heavy (non-hydrogen) atoms. The lowest BCUT2D eigenvalue weighted by atomic mass is 9.73. The zero-order valence-electron chi connectivity index (χ0n) is 17.9. The number of nitrogens with zero attached hydrogens (tertiary/aromatic N) is 4. The van der Waals surface area contributed by atoms with E-state index in [-0.39, 0.29) is 17.2 Å². The van der Waals surface area contributed by atoms with Gasteiger partial charge in [0, 0.05) is 37.1 Å². The molecule has 3 heterocycles. The van der Waals surface area contributed by atoms with Crippen LogP contribution >= 0.6 is 23.2 Å². The van der Waals surface area contributed by atoms with Crippen molar-refractivity contribution in [3.8, 4) is 17.1 Å². The Balaban J connectivity index is 1.30. The van der Waals surface area contributed by atoms with Gasteiger partial charge in [-0.25, -0.2) is 9.97 Å². The first kappa shape index (κ1) is 20.8. The van der Waals surface area contributed by atoms with E-state index in [4.69, 9.17) is 33.9 Å². The summed E-state index contributed by atoms with van der Waals surface area (Å²) < 4.78 is 2.02. The van der Waals surface area contributed by atoms with Crippen molar-refractivity contribution < 1.29 is 5.11 Å². The monoisotopic (exact) mass is 479 g/mol. The Kier molecular flexibility index (Phi) is 4.80. The predicted molar refractivity (Wildman–Crippen MR) is 131 cm³/mol. The maximum atomic E-state index is 9.91. The molecule has 1 atom stereocenters. The molecule has 2 aromatic carbocycles. The van der Waals surface area contributed by atoms with Gasteiger partial charge >= 0.3 is 0 Å². The minimum atomic E-state index is -0.0583. The summed E-state index contributed by atoms with van der Waals surface area (Å²) in [6, 6.07) is 11.1. The summed E-state index contributed by atoms with van der Waals surface area (Å²) in [5.41, 5.74) is 10.8. The third-order valence-corrected chi connectivity index (χ3v) is 8.18. The number of imidazole rings is 1. The Morgan fingerprint density at radius 2 is 1.91 bits per heavy atom. The first-order valence-corrected chi connectivity index (χ1v) is 11.8. The number of hydrogen-bond donors (Lipinski definition) is 2. The molecule has 2 aliphatic rings. The summed E-state index contributed by atoms with van der Waals surface area (Å²) in [6.45, 7) is 1.72. The SMILES string of the molecule is N[C@@H]1c2cc(O)ccc2CC12CCN(c1nccn3c(-c4cccc(Cl)c4Cl)ncc13)CC2. The number of nitrogens with two attached hydrogens (primary N) is 1. The third-order valence-electron chi connectivity index (χ3n) is 7.36. The molecule has 8 heteroatoms. The second kappa shape index (κ2) is 7.62. The summed E-state index contributed by atoms with van der Waals surface area (Å²) in [5.74, 6) is 1.93. The fourth-order valence-corrected chi connectivity index (χ4v) is 5.92. The molecule has 0 unspecified atom stereocenters. The highest BCUT2D eigenvalue weighted by atomic mass is 35.5. The van der Waals surface area contributed by atoms with Gasteiger partial charge in [-0.05, 0) is 60.1 Å². The van der Waals surface area contributed by atoms with Crippen LogP contribution in [0.4, 0.5) is 5.82 Å². The van der Waals surface area contributed by atoms with Crippen LogP contribution in [0.2, 0.25) is 10.0 Å². The average Bonchev–Trinajstić information content (AvgIpc) is 3.36. The van der Waals surface area contributed by atoms with E-state index in [0.29, 0.717) is 10.0 Å². The van der Waals surface area contributed by atoms with Crippen molar-refractivity contribution in [3.63, 3.8) is 0 Å². The number of hydrogen-bond acceptors (Lipinski definition) is 5. The van der Waals surface area contributed by atoms with Gasteiger partial charge in [0.1, 0.15) is 17.1 Å². The van der Waals surface area contributed by atoms with Crippen LogP contribution in [0.15, 0.2) is 55.0 Å². The summed E-state index contributed by atoms with van der Waals surface area (Å²) in [6.07, 6.45) is 8.44. The number of piperidine rings is 1. The number of halogens is 2. The van der Waals surface area contributed by atoms with Crippen LogP contribution in [0.3, 0.4) is 0 Å². The molecule has 0 amide bonds. The molecule has 3 N–H and O–H groups in total. The van der Waals surface area contributed by atoms with E-state index in [2.05, 4.69) is 9.88 Å². The fourth-order valence-electron chi connectivity index (χ4n) is 5.54. The van der Waals surface area contributed by atoms with Gasteiger partial charge in [-0.15, -0.1) is 0 Å². The summed E-state index contributed by atoms with van der Waals surface area (Å²) in [4.78, 5) is 11.7. The van der Waals surface area contributed by atoms with Gasteiger partial charge in [0.15, 0.2) is 5.82 Å². The van der Waals surface area contributed by atoms with E-state index in [1.165, 1.54) is 5.56 Å². The predicted octanol–water partition coefficient (Wildman–Crippen LogP) is 5.25. The Morgan fingerprint density at radius 3 is 2.73 bits per heavy atom. The van der Waals surface area contributed by atoms with E-state index in [1.54, 1.807) is 18.3 Å². The van der Waals surface area contributed by atoms with E-state index < -0.39 is 0 Å². The summed E-state index contributed by atoms with van der Waals surface area (Å²) in [5, 5.41) is 10.9. The molecule has 0 bridgehead atoms. The van der Waals surface area contributed by atoms with Crippen molar-refractivity contribution in [2.24, 2.45) is 11.1 Å². The highest BCUT2D eigenvalue weighted by Crippen LogP contribution is 2.51. The number of aromatic nitrogens is 3. The van der Waals surface area contributed by atoms with E-state index in [0.717, 1.165) is 60.6 Å². The summed E-state index contributed by atoms with van der Waals surface area (Å²) >= 11 is 12.7. The average molecular weight is 480 g/mol. The molecule has 1 saturated heterocycles. The van der Waals surface area contributed by atoms with Crippen molar-refractivity contribution in [1.82, 2.24) is 14.4 Å². The van der Waals surface area contributed by atoms with Crippen LogP contribution < -0.4 is 10.6 Å². The zero-order valence-corrected chi connectivity index (χ0v) is 19.4. The van der Waals surface area contributed by atoms with Crippen molar-refractivity contribution in [2.75, 3.05) is 18.0 Å². The largest absolute Gasteiger partial charge is 0.508 e. The highest BCUT2D eigenvalue weighted by molar-refractivity contribution is 6.43.